The highest BCUT2D eigenvalue weighted by molar-refractivity contribution is 5.22. The Bertz CT molecular complexity index is 245. The molecule has 0 spiro atoms. The highest BCUT2D eigenvalue weighted by atomic mass is 15.2. The molecule has 0 saturated carbocycles. The second kappa shape index (κ2) is 3.46. The lowest BCUT2D eigenvalue weighted by molar-refractivity contribution is 0.717. The number of nitrogens with two attached hydrogens (primary N) is 1. The van der Waals surface area contributed by atoms with E-state index < -0.39 is 0 Å². The summed E-state index contributed by atoms with van der Waals surface area (Å²) in [6.45, 7) is 4.69. The molecule has 0 fully saturated rings. The van der Waals surface area contributed by atoms with Crippen LogP contribution in [-0.2, 0) is 6.54 Å². The SMILES string of the molecule is Cc1cnc(CNN)c(C)c1. The van der Waals surface area contributed by atoms with Gasteiger partial charge in [0.15, 0.2) is 0 Å². The van der Waals surface area contributed by atoms with Crippen molar-refractivity contribution in [1.29, 1.82) is 0 Å². The normalized spacial score (nSPS) is 10.1. The molecule has 0 aliphatic carbocycles. The lowest BCUT2D eigenvalue weighted by atomic mass is 10.2. The van der Waals surface area contributed by atoms with Gasteiger partial charge in [-0.3, -0.25) is 16.3 Å². The third-order valence-corrected chi connectivity index (χ3v) is 1.59. The lowest BCUT2D eigenvalue weighted by Gasteiger charge is -2.03. The van der Waals surface area contributed by atoms with Gasteiger partial charge in [0.05, 0.1) is 12.2 Å². The monoisotopic (exact) mass is 151 g/mol. The minimum Gasteiger partial charge on any atom is -0.271 e. The van der Waals surface area contributed by atoms with Gasteiger partial charge in [0.25, 0.3) is 0 Å². The quantitative estimate of drug-likeness (QED) is 0.482. The summed E-state index contributed by atoms with van der Waals surface area (Å²) in [6.07, 6.45) is 1.85. The molecule has 1 aromatic rings. The van der Waals surface area contributed by atoms with Crippen LogP contribution in [0.3, 0.4) is 0 Å². The fourth-order valence-electron chi connectivity index (χ4n) is 1.03. The van der Waals surface area contributed by atoms with Crippen molar-refractivity contribution >= 4 is 0 Å². The first-order valence-corrected chi connectivity index (χ1v) is 3.59. The van der Waals surface area contributed by atoms with Gasteiger partial charge in [0, 0.05) is 6.20 Å². The second-order valence-corrected chi connectivity index (χ2v) is 2.66. The fourth-order valence-corrected chi connectivity index (χ4v) is 1.03. The predicted molar refractivity (Wildman–Crippen MR) is 44.7 cm³/mol. The van der Waals surface area contributed by atoms with Crippen molar-refractivity contribution in [1.82, 2.24) is 10.4 Å². The Kier molecular flexibility index (Phi) is 2.57. The van der Waals surface area contributed by atoms with Gasteiger partial charge in [-0.25, -0.2) is 0 Å². The molecule has 0 atom stereocenters. The summed E-state index contributed by atoms with van der Waals surface area (Å²) in [5, 5.41) is 0. The van der Waals surface area contributed by atoms with Crippen LogP contribution in [0.1, 0.15) is 16.8 Å². The van der Waals surface area contributed by atoms with Gasteiger partial charge in [0.2, 0.25) is 0 Å². The molecule has 60 valence electrons. The van der Waals surface area contributed by atoms with Crippen LogP contribution in [0, 0.1) is 13.8 Å². The fraction of sp³-hybridized carbons (Fsp3) is 0.375. The number of pyridine rings is 1. The summed E-state index contributed by atoms with van der Waals surface area (Å²) in [5.41, 5.74) is 5.96. The standard InChI is InChI=1S/C8H13N3/c1-6-3-7(2)8(5-11-9)10-4-6/h3-4,11H,5,9H2,1-2H3. The van der Waals surface area contributed by atoms with Gasteiger partial charge in [-0.15, -0.1) is 0 Å². The second-order valence-electron chi connectivity index (χ2n) is 2.66. The molecule has 0 saturated heterocycles. The number of nitrogens with one attached hydrogen (secondary N) is 1. The number of hydrogen-bond donors (Lipinski definition) is 2. The molecule has 0 amide bonds. The summed E-state index contributed by atoms with van der Waals surface area (Å²) in [7, 11) is 0. The number of hydrogen-bond acceptors (Lipinski definition) is 3. The molecule has 0 radical (unpaired) electrons. The van der Waals surface area contributed by atoms with E-state index in [1.807, 2.05) is 20.0 Å². The zero-order valence-electron chi connectivity index (χ0n) is 6.89. The summed E-state index contributed by atoms with van der Waals surface area (Å²) >= 11 is 0. The zero-order chi connectivity index (χ0) is 8.27. The number of aryl methyl sites for hydroxylation is 2. The Morgan fingerprint density at radius 2 is 2.27 bits per heavy atom. The van der Waals surface area contributed by atoms with Crippen LogP contribution in [0.2, 0.25) is 0 Å². The topological polar surface area (TPSA) is 50.9 Å². The Hall–Kier alpha value is -0.930. The van der Waals surface area contributed by atoms with Crippen LogP contribution in [-0.4, -0.2) is 4.98 Å². The highest BCUT2D eigenvalue weighted by Crippen LogP contribution is 2.05. The molecule has 1 aromatic heterocycles. The van der Waals surface area contributed by atoms with Gasteiger partial charge in [-0.05, 0) is 25.0 Å². The van der Waals surface area contributed by atoms with E-state index >= 15 is 0 Å². The third-order valence-electron chi connectivity index (χ3n) is 1.59. The van der Waals surface area contributed by atoms with Gasteiger partial charge < -0.3 is 0 Å². The molecule has 11 heavy (non-hydrogen) atoms. The van der Waals surface area contributed by atoms with Crippen LogP contribution in [0.5, 0.6) is 0 Å². The number of rotatable bonds is 2. The number of hydrazine groups is 1. The summed E-state index contributed by atoms with van der Waals surface area (Å²) in [5.74, 6) is 5.18. The van der Waals surface area contributed by atoms with Crippen LogP contribution >= 0.6 is 0 Å². The van der Waals surface area contributed by atoms with E-state index in [4.69, 9.17) is 5.84 Å². The maximum atomic E-state index is 5.18. The van der Waals surface area contributed by atoms with Crippen molar-refractivity contribution < 1.29 is 0 Å². The van der Waals surface area contributed by atoms with Gasteiger partial charge in [-0.1, -0.05) is 6.07 Å². The largest absolute Gasteiger partial charge is 0.271 e. The molecule has 3 heteroatoms. The van der Waals surface area contributed by atoms with E-state index in [1.54, 1.807) is 0 Å². The lowest BCUT2D eigenvalue weighted by Crippen LogP contribution is -2.22. The van der Waals surface area contributed by atoms with Crippen LogP contribution in [0.4, 0.5) is 0 Å². The van der Waals surface area contributed by atoms with Crippen molar-refractivity contribution in [3.63, 3.8) is 0 Å². The third kappa shape index (κ3) is 2.00. The van der Waals surface area contributed by atoms with E-state index in [-0.39, 0.29) is 0 Å². The van der Waals surface area contributed by atoms with Crippen molar-refractivity contribution in [3.05, 3.63) is 29.1 Å². The average Bonchev–Trinajstić information content (AvgIpc) is 1.95. The van der Waals surface area contributed by atoms with E-state index in [1.165, 1.54) is 11.1 Å². The highest BCUT2D eigenvalue weighted by Gasteiger charge is 1.97. The maximum absolute atomic E-state index is 5.18. The molecular formula is C8H13N3. The zero-order valence-corrected chi connectivity index (χ0v) is 6.89. The van der Waals surface area contributed by atoms with Crippen molar-refractivity contribution in [2.45, 2.75) is 20.4 Å². The Balaban J connectivity index is 2.90. The number of nitrogens with zero attached hydrogens (tertiary/aromatic N) is 1. The first-order valence-electron chi connectivity index (χ1n) is 3.59. The minimum atomic E-state index is 0.631. The van der Waals surface area contributed by atoms with E-state index in [2.05, 4.69) is 16.5 Å². The predicted octanol–water partition coefficient (Wildman–Crippen LogP) is 0.662. The van der Waals surface area contributed by atoms with Crippen LogP contribution in [0.15, 0.2) is 12.3 Å². The van der Waals surface area contributed by atoms with E-state index in [0.717, 1.165) is 5.69 Å². The summed E-state index contributed by atoms with van der Waals surface area (Å²) in [4.78, 5) is 4.23. The number of aromatic nitrogens is 1. The van der Waals surface area contributed by atoms with Crippen molar-refractivity contribution in [3.8, 4) is 0 Å². The van der Waals surface area contributed by atoms with Crippen LogP contribution < -0.4 is 11.3 Å². The first-order chi connectivity index (χ1) is 5.24. The van der Waals surface area contributed by atoms with E-state index in [9.17, 15) is 0 Å². The maximum Gasteiger partial charge on any atom is 0.0584 e. The molecule has 0 bridgehead atoms. The summed E-state index contributed by atoms with van der Waals surface area (Å²) < 4.78 is 0. The minimum absolute atomic E-state index is 0.631. The molecular weight excluding hydrogens is 138 g/mol. The molecule has 1 rings (SSSR count). The van der Waals surface area contributed by atoms with Crippen molar-refractivity contribution in [2.24, 2.45) is 5.84 Å². The molecule has 3 nitrogen and oxygen atoms in total. The molecule has 0 aromatic carbocycles. The van der Waals surface area contributed by atoms with E-state index in [0.29, 0.717) is 6.54 Å². The van der Waals surface area contributed by atoms with Gasteiger partial charge in [-0.2, -0.15) is 0 Å². The molecule has 3 N–H and O–H groups in total. The van der Waals surface area contributed by atoms with Gasteiger partial charge >= 0.3 is 0 Å². The molecule has 0 unspecified atom stereocenters. The average molecular weight is 151 g/mol. The van der Waals surface area contributed by atoms with Gasteiger partial charge in [0.1, 0.15) is 0 Å². The Labute approximate surface area is 66.6 Å². The molecule has 1 heterocycles. The Morgan fingerprint density at radius 1 is 1.55 bits per heavy atom. The Morgan fingerprint density at radius 3 is 2.82 bits per heavy atom. The van der Waals surface area contributed by atoms with Crippen molar-refractivity contribution in [2.75, 3.05) is 0 Å². The summed E-state index contributed by atoms with van der Waals surface area (Å²) in [6, 6.07) is 2.10. The molecule has 0 aliphatic rings. The smallest absolute Gasteiger partial charge is 0.0584 e. The van der Waals surface area contributed by atoms with Crippen LogP contribution in [0.25, 0.3) is 0 Å². The molecule has 0 aliphatic heterocycles. The first kappa shape index (κ1) is 8.17.